The summed E-state index contributed by atoms with van der Waals surface area (Å²) >= 11 is 6.09. The summed E-state index contributed by atoms with van der Waals surface area (Å²) in [6.07, 6.45) is 2.85. The van der Waals surface area contributed by atoms with Gasteiger partial charge < -0.3 is 5.32 Å². The van der Waals surface area contributed by atoms with Crippen LogP contribution in [0.3, 0.4) is 0 Å². The van der Waals surface area contributed by atoms with Gasteiger partial charge in [-0.05, 0) is 36.6 Å². The molecule has 8 nitrogen and oxygen atoms in total. The number of carbonyl (C=O) groups excluding carboxylic acids is 2. The molecule has 0 spiro atoms. The largest absolute Gasteiger partial charge is 0.326 e. The Morgan fingerprint density at radius 3 is 2.62 bits per heavy atom. The molecule has 1 fully saturated rings. The fourth-order valence-corrected chi connectivity index (χ4v) is 4.06. The molecule has 0 bridgehead atoms. The minimum atomic E-state index is -4.11. The number of halogens is 1. The summed E-state index contributed by atoms with van der Waals surface area (Å²) in [5.41, 5.74) is 1.11. The molecule has 0 aliphatic heterocycles. The monoisotopic (exact) mass is 432 g/mol. The van der Waals surface area contributed by atoms with Crippen LogP contribution in [0.2, 0.25) is 5.02 Å². The smallest absolute Gasteiger partial charge is 0.250 e. The molecule has 150 valence electrons. The van der Waals surface area contributed by atoms with Crippen molar-refractivity contribution >= 4 is 50.0 Å². The Balaban J connectivity index is 1.72. The van der Waals surface area contributed by atoms with Gasteiger partial charge >= 0.3 is 0 Å². The number of aromatic nitrogens is 2. The van der Waals surface area contributed by atoms with Gasteiger partial charge in [-0.3, -0.25) is 9.59 Å². The van der Waals surface area contributed by atoms with Crippen molar-refractivity contribution < 1.29 is 18.0 Å². The van der Waals surface area contributed by atoms with Gasteiger partial charge in [-0.1, -0.05) is 29.8 Å². The molecule has 29 heavy (non-hydrogen) atoms. The number of fused-ring (bicyclic) bond motifs is 1. The number of hydrogen-bond acceptors (Lipinski definition) is 5. The number of nitrogens with one attached hydrogen (secondary N) is 1. The quantitative estimate of drug-likeness (QED) is 0.641. The number of anilines is 1. The minimum absolute atomic E-state index is 0.00266. The molecule has 1 saturated carbocycles. The molecule has 0 radical (unpaired) electrons. The van der Waals surface area contributed by atoms with Crippen LogP contribution in [0.5, 0.6) is 0 Å². The summed E-state index contributed by atoms with van der Waals surface area (Å²) in [4.78, 5) is 24.7. The SMILES string of the molecule is NS(=O)(=O)c1cc(NC(=O)Cc2ccccc2Cl)cc2c1cnn2C(=O)C1CC1. The highest BCUT2D eigenvalue weighted by Gasteiger charge is 2.32. The van der Waals surface area contributed by atoms with Crippen molar-refractivity contribution in [3.8, 4) is 0 Å². The lowest BCUT2D eigenvalue weighted by Crippen LogP contribution is -2.18. The third-order valence-electron chi connectivity index (χ3n) is 4.69. The Morgan fingerprint density at radius 1 is 1.24 bits per heavy atom. The Hall–Kier alpha value is -2.75. The van der Waals surface area contributed by atoms with Crippen LogP contribution in [0, 0.1) is 5.92 Å². The van der Waals surface area contributed by atoms with E-state index in [-0.39, 0.29) is 39.7 Å². The third kappa shape index (κ3) is 4.02. The number of rotatable bonds is 5. The van der Waals surface area contributed by atoms with Crippen LogP contribution in [0.1, 0.15) is 23.2 Å². The first-order valence-electron chi connectivity index (χ1n) is 8.86. The second-order valence-corrected chi connectivity index (χ2v) is 8.87. The highest BCUT2D eigenvalue weighted by molar-refractivity contribution is 7.89. The minimum Gasteiger partial charge on any atom is -0.326 e. The Bertz CT molecular complexity index is 1250. The zero-order valence-corrected chi connectivity index (χ0v) is 16.7. The molecule has 3 N–H and O–H groups in total. The number of hydrogen-bond donors (Lipinski definition) is 2. The highest BCUT2D eigenvalue weighted by Crippen LogP contribution is 2.33. The van der Waals surface area contributed by atoms with Gasteiger partial charge in [0.1, 0.15) is 0 Å². The Morgan fingerprint density at radius 2 is 1.97 bits per heavy atom. The molecule has 1 amide bonds. The maximum atomic E-state index is 12.5. The number of carbonyl (C=O) groups is 2. The molecule has 1 aromatic heterocycles. The fourth-order valence-electron chi connectivity index (χ4n) is 3.10. The van der Waals surface area contributed by atoms with Crippen LogP contribution in [0.4, 0.5) is 5.69 Å². The second kappa shape index (κ2) is 7.25. The molecule has 0 saturated heterocycles. The lowest BCUT2D eigenvalue weighted by atomic mass is 10.1. The summed E-state index contributed by atoms with van der Waals surface area (Å²) in [6, 6.07) is 9.70. The Labute approximate surface area is 171 Å². The molecule has 1 aliphatic rings. The lowest BCUT2D eigenvalue weighted by molar-refractivity contribution is -0.115. The Kier molecular flexibility index (Phi) is 4.89. The van der Waals surface area contributed by atoms with E-state index in [0.29, 0.717) is 10.6 Å². The number of nitrogens with zero attached hydrogens (tertiary/aromatic N) is 2. The number of primary sulfonamides is 1. The average Bonchev–Trinajstić information content (AvgIpc) is 3.41. The summed E-state index contributed by atoms with van der Waals surface area (Å²) in [6.45, 7) is 0. The summed E-state index contributed by atoms with van der Waals surface area (Å²) in [5.74, 6) is -0.716. The second-order valence-electron chi connectivity index (χ2n) is 6.94. The van der Waals surface area contributed by atoms with Crippen molar-refractivity contribution in [2.45, 2.75) is 24.2 Å². The molecule has 3 aromatic rings. The van der Waals surface area contributed by atoms with Crippen molar-refractivity contribution in [2.75, 3.05) is 5.32 Å². The fraction of sp³-hybridized carbons (Fsp3) is 0.211. The number of sulfonamides is 1. The molecule has 2 aromatic carbocycles. The number of benzene rings is 2. The number of amides is 1. The van der Waals surface area contributed by atoms with Crippen molar-refractivity contribution in [3.05, 3.63) is 53.2 Å². The van der Waals surface area contributed by atoms with E-state index in [1.165, 1.54) is 23.0 Å². The van der Waals surface area contributed by atoms with E-state index in [1.54, 1.807) is 24.3 Å². The van der Waals surface area contributed by atoms with Crippen LogP contribution in [-0.4, -0.2) is 30.0 Å². The van der Waals surface area contributed by atoms with Gasteiger partial charge in [0.15, 0.2) is 0 Å². The predicted molar refractivity (Wildman–Crippen MR) is 108 cm³/mol. The van der Waals surface area contributed by atoms with Gasteiger partial charge in [0.2, 0.25) is 15.9 Å². The van der Waals surface area contributed by atoms with E-state index in [9.17, 15) is 18.0 Å². The van der Waals surface area contributed by atoms with Crippen LogP contribution in [-0.2, 0) is 21.2 Å². The summed E-state index contributed by atoms with van der Waals surface area (Å²) < 4.78 is 25.3. The predicted octanol–water partition coefficient (Wildman–Crippen LogP) is 2.57. The summed E-state index contributed by atoms with van der Waals surface area (Å²) in [5, 5.41) is 12.7. The average molecular weight is 433 g/mol. The number of nitrogens with two attached hydrogens (primary N) is 1. The van der Waals surface area contributed by atoms with Crippen molar-refractivity contribution in [1.82, 2.24) is 9.78 Å². The normalized spacial score (nSPS) is 14.1. The maximum Gasteiger partial charge on any atom is 0.250 e. The third-order valence-corrected chi connectivity index (χ3v) is 6.00. The van der Waals surface area contributed by atoms with E-state index < -0.39 is 15.9 Å². The van der Waals surface area contributed by atoms with Crippen molar-refractivity contribution in [3.63, 3.8) is 0 Å². The lowest BCUT2D eigenvalue weighted by Gasteiger charge is -2.10. The van der Waals surface area contributed by atoms with Gasteiger partial charge in [-0.2, -0.15) is 9.78 Å². The first-order chi connectivity index (χ1) is 13.7. The topological polar surface area (TPSA) is 124 Å². The van der Waals surface area contributed by atoms with Gasteiger partial charge in [-0.25, -0.2) is 13.6 Å². The zero-order valence-electron chi connectivity index (χ0n) is 15.1. The van der Waals surface area contributed by atoms with E-state index in [0.717, 1.165) is 12.8 Å². The molecule has 1 aliphatic carbocycles. The van der Waals surface area contributed by atoms with Crippen LogP contribution >= 0.6 is 11.6 Å². The first kappa shape index (κ1) is 19.6. The molecule has 1 heterocycles. The molecule has 4 rings (SSSR count). The first-order valence-corrected chi connectivity index (χ1v) is 10.8. The van der Waals surface area contributed by atoms with Gasteiger partial charge in [-0.15, -0.1) is 0 Å². The molecular formula is C19H17ClN4O4S. The van der Waals surface area contributed by atoms with Gasteiger partial charge in [0, 0.05) is 22.0 Å². The van der Waals surface area contributed by atoms with Crippen molar-refractivity contribution in [1.29, 1.82) is 0 Å². The zero-order chi connectivity index (χ0) is 20.8. The van der Waals surface area contributed by atoms with Crippen LogP contribution in [0.25, 0.3) is 10.9 Å². The van der Waals surface area contributed by atoms with Crippen molar-refractivity contribution in [2.24, 2.45) is 11.1 Å². The molecular weight excluding hydrogens is 416 g/mol. The van der Waals surface area contributed by atoms with Crippen LogP contribution < -0.4 is 10.5 Å². The van der Waals surface area contributed by atoms with Gasteiger partial charge in [0.25, 0.3) is 5.91 Å². The van der Waals surface area contributed by atoms with E-state index in [1.807, 2.05) is 0 Å². The maximum absolute atomic E-state index is 12.5. The molecule has 0 atom stereocenters. The molecule has 10 heteroatoms. The van der Waals surface area contributed by atoms with E-state index in [4.69, 9.17) is 16.7 Å². The van der Waals surface area contributed by atoms with Gasteiger partial charge in [0.05, 0.1) is 23.0 Å². The summed E-state index contributed by atoms with van der Waals surface area (Å²) in [7, 11) is -4.11. The standard InChI is InChI=1S/C19H17ClN4O4S/c20-15-4-2-1-3-12(15)7-18(25)23-13-8-16-14(17(9-13)29(21,27)28)10-22-24(16)19(26)11-5-6-11/h1-4,8-11H,5-7H2,(H,23,25)(H2,21,27,28). The van der Waals surface area contributed by atoms with Crippen LogP contribution in [0.15, 0.2) is 47.5 Å². The highest BCUT2D eigenvalue weighted by atomic mass is 35.5. The molecule has 0 unspecified atom stereocenters. The van der Waals surface area contributed by atoms with E-state index >= 15 is 0 Å². The van der Waals surface area contributed by atoms with E-state index in [2.05, 4.69) is 10.4 Å².